The van der Waals surface area contributed by atoms with Crippen molar-refractivity contribution in [1.29, 1.82) is 0 Å². The van der Waals surface area contributed by atoms with Crippen molar-refractivity contribution in [3.05, 3.63) is 11.6 Å². The second kappa shape index (κ2) is 11.2. The van der Waals surface area contributed by atoms with Crippen LogP contribution in [-0.4, -0.2) is 55.0 Å². The van der Waals surface area contributed by atoms with Gasteiger partial charge in [0.1, 0.15) is 12.7 Å². The van der Waals surface area contributed by atoms with E-state index >= 15 is 0 Å². The molecule has 0 bridgehead atoms. The Hall–Kier alpha value is -1.69. The summed E-state index contributed by atoms with van der Waals surface area (Å²) in [5.41, 5.74) is 0.317. The number of ether oxygens (including phenoxy) is 2. The molecular formula is C38H61NO5. The van der Waals surface area contributed by atoms with Gasteiger partial charge in [-0.25, -0.2) is 0 Å². The van der Waals surface area contributed by atoms with Crippen LogP contribution in [0.25, 0.3) is 0 Å². The largest absolute Gasteiger partial charge is 0.464 e. The van der Waals surface area contributed by atoms with Gasteiger partial charge in [-0.15, -0.1) is 0 Å². The summed E-state index contributed by atoms with van der Waals surface area (Å²) in [5.74, 6) is 0.492. The van der Waals surface area contributed by atoms with Gasteiger partial charge < -0.3 is 14.4 Å². The Bertz CT molecular complexity index is 1200. The van der Waals surface area contributed by atoms with E-state index in [0.717, 1.165) is 77.4 Å². The van der Waals surface area contributed by atoms with Crippen molar-refractivity contribution < 1.29 is 23.9 Å². The fourth-order valence-corrected chi connectivity index (χ4v) is 11.7. The van der Waals surface area contributed by atoms with Crippen LogP contribution in [0.5, 0.6) is 0 Å². The lowest BCUT2D eigenvalue weighted by Gasteiger charge is -2.70. The highest BCUT2D eigenvalue weighted by molar-refractivity contribution is 5.95. The summed E-state index contributed by atoms with van der Waals surface area (Å²) in [5, 5.41) is 0. The van der Waals surface area contributed by atoms with Crippen molar-refractivity contribution in [2.75, 3.05) is 26.2 Å². The first kappa shape index (κ1) is 33.7. The minimum Gasteiger partial charge on any atom is -0.464 e. The maximum absolute atomic E-state index is 14.6. The Morgan fingerprint density at radius 1 is 0.909 bits per heavy atom. The highest BCUT2D eigenvalue weighted by atomic mass is 16.5. The smallest absolute Gasteiger partial charge is 0.311 e. The number of esters is 2. The van der Waals surface area contributed by atoms with E-state index in [2.05, 4.69) is 73.3 Å². The van der Waals surface area contributed by atoms with Crippen LogP contribution < -0.4 is 0 Å². The van der Waals surface area contributed by atoms with E-state index in [1.54, 1.807) is 0 Å². The molecule has 9 atom stereocenters. The van der Waals surface area contributed by atoms with Crippen LogP contribution in [0.1, 0.15) is 127 Å². The molecule has 0 aromatic heterocycles. The molecule has 5 aliphatic rings. The van der Waals surface area contributed by atoms with Crippen LogP contribution in [0, 0.1) is 50.2 Å². The molecule has 0 heterocycles. The van der Waals surface area contributed by atoms with Crippen LogP contribution >= 0.6 is 0 Å². The number of carbonyl (C=O) groups is 3. The monoisotopic (exact) mass is 611 g/mol. The molecule has 0 aliphatic heterocycles. The molecule has 0 amide bonds. The third-order valence-corrected chi connectivity index (χ3v) is 14.8. The van der Waals surface area contributed by atoms with Gasteiger partial charge in [-0.1, -0.05) is 61.0 Å². The number of nitrogens with zero attached hydrogens (tertiary/aromatic N) is 1. The van der Waals surface area contributed by atoms with Gasteiger partial charge in [0.25, 0.3) is 0 Å². The fraction of sp³-hybridized carbons (Fsp3) is 0.868. The molecule has 4 fully saturated rings. The van der Waals surface area contributed by atoms with Crippen molar-refractivity contribution >= 4 is 17.7 Å². The molecule has 248 valence electrons. The molecule has 0 aromatic carbocycles. The molecule has 0 radical (unpaired) electrons. The first-order chi connectivity index (χ1) is 20.4. The van der Waals surface area contributed by atoms with Gasteiger partial charge in [0.15, 0.2) is 5.78 Å². The Morgan fingerprint density at radius 2 is 1.57 bits per heavy atom. The molecule has 0 N–H and O–H groups in total. The summed E-state index contributed by atoms with van der Waals surface area (Å²) in [7, 11) is 0. The van der Waals surface area contributed by atoms with Crippen LogP contribution in [0.4, 0.5) is 0 Å². The van der Waals surface area contributed by atoms with E-state index in [1.165, 1.54) is 12.5 Å². The van der Waals surface area contributed by atoms with Crippen LogP contribution in [0.3, 0.4) is 0 Å². The zero-order valence-corrected chi connectivity index (χ0v) is 29.6. The van der Waals surface area contributed by atoms with E-state index in [1.807, 2.05) is 0 Å². The summed E-state index contributed by atoms with van der Waals surface area (Å²) in [6, 6.07) is 0. The van der Waals surface area contributed by atoms with E-state index in [9.17, 15) is 14.4 Å². The molecule has 5 aliphatic carbocycles. The van der Waals surface area contributed by atoms with Gasteiger partial charge in [0.2, 0.25) is 0 Å². The van der Waals surface area contributed by atoms with Gasteiger partial charge in [-0.2, -0.15) is 0 Å². The van der Waals surface area contributed by atoms with E-state index in [4.69, 9.17) is 9.47 Å². The van der Waals surface area contributed by atoms with Gasteiger partial charge >= 0.3 is 11.9 Å². The SMILES string of the molecule is CCN(CC)CCOC(=O)[C@]1(C)CC[C@]2(C)CC[C@]3(C)C(=CC(=O)[C@@H]4[C@]5(C)CC[C@H](OC(C)=O)C(C)(C)[C@@H]5CC[C@]43C)[C@H]2C1. The summed E-state index contributed by atoms with van der Waals surface area (Å²) in [6.45, 7) is 25.2. The van der Waals surface area contributed by atoms with Gasteiger partial charge in [0, 0.05) is 24.8 Å². The summed E-state index contributed by atoms with van der Waals surface area (Å²) >= 11 is 0. The van der Waals surface area contributed by atoms with E-state index in [0.29, 0.717) is 18.3 Å². The first-order valence-corrected chi connectivity index (χ1v) is 17.7. The highest BCUT2D eigenvalue weighted by Gasteiger charge is 2.70. The van der Waals surface area contributed by atoms with Gasteiger partial charge in [0.05, 0.1) is 5.41 Å². The van der Waals surface area contributed by atoms with Crippen molar-refractivity contribution in [2.24, 2.45) is 50.2 Å². The highest BCUT2D eigenvalue weighted by Crippen LogP contribution is 2.75. The Morgan fingerprint density at radius 3 is 2.20 bits per heavy atom. The Balaban J connectivity index is 1.45. The molecule has 0 spiro atoms. The number of likely N-dealkylation sites (N-methyl/N-ethyl adjacent to an activating group) is 1. The Labute approximate surface area is 267 Å². The lowest BCUT2D eigenvalue weighted by Crippen LogP contribution is -2.66. The lowest BCUT2D eigenvalue weighted by molar-refractivity contribution is -0.210. The minimum absolute atomic E-state index is 0.0515. The van der Waals surface area contributed by atoms with Crippen molar-refractivity contribution in [2.45, 2.75) is 133 Å². The van der Waals surface area contributed by atoms with Crippen LogP contribution in [0.2, 0.25) is 0 Å². The topological polar surface area (TPSA) is 72.9 Å². The first-order valence-electron chi connectivity index (χ1n) is 17.7. The van der Waals surface area contributed by atoms with Crippen molar-refractivity contribution in [3.63, 3.8) is 0 Å². The number of hydrogen-bond acceptors (Lipinski definition) is 6. The summed E-state index contributed by atoms with van der Waals surface area (Å²) < 4.78 is 11.8. The van der Waals surface area contributed by atoms with Gasteiger partial charge in [-0.05, 0) is 117 Å². The number of carbonyl (C=O) groups excluding carboxylic acids is 3. The number of ketones is 1. The second-order valence-electron chi connectivity index (χ2n) is 17.4. The zero-order valence-electron chi connectivity index (χ0n) is 29.6. The molecule has 0 aromatic rings. The fourth-order valence-electron chi connectivity index (χ4n) is 11.7. The number of fused-ring (bicyclic) bond motifs is 7. The number of hydrogen-bond donors (Lipinski definition) is 0. The quantitative estimate of drug-likeness (QED) is 0.274. The van der Waals surface area contributed by atoms with Crippen LogP contribution in [-0.2, 0) is 23.9 Å². The summed E-state index contributed by atoms with van der Waals surface area (Å²) in [4.78, 5) is 42.6. The van der Waals surface area contributed by atoms with E-state index < -0.39 is 5.41 Å². The van der Waals surface area contributed by atoms with Crippen molar-refractivity contribution in [1.82, 2.24) is 4.90 Å². The standard InChI is InChI=1S/C38H61NO5/c1-11-39(12-2)21-22-43-32(42)35(7)18-17-34(6)19-20-37(9)26(27(34)24-35)23-28(41)31-36(8)15-14-30(44-25(3)40)33(4,5)29(36)13-16-38(31,37)10/h23,27,29-31H,11-22,24H2,1-10H3/t27-,29+,30+,31-,34-,35-,36-,37-,38-/m1/s1. The average molecular weight is 612 g/mol. The number of allylic oxidation sites excluding steroid dienone is 2. The third-order valence-electron chi connectivity index (χ3n) is 14.8. The molecule has 6 nitrogen and oxygen atoms in total. The van der Waals surface area contributed by atoms with Crippen molar-refractivity contribution in [3.8, 4) is 0 Å². The minimum atomic E-state index is -0.532. The molecule has 0 unspecified atom stereocenters. The molecular weight excluding hydrogens is 550 g/mol. The maximum Gasteiger partial charge on any atom is 0.311 e. The molecule has 4 saturated carbocycles. The van der Waals surface area contributed by atoms with E-state index in [-0.39, 0.29) is 57.0 Å². The molecule has 5 rings (SSSR count). The lowest BCUT2D eigenvalue weighted by atomic mass is 9.33. The van der Waals surface area contributed by atoms with Gasteiger partial charge in [-0.3, -0.25) is 14.4 Å². The predicted octanol–water partition coefficient (Wildman–Crippen LogP) is 7.78. The number of rotatable bonds is 7. The average Bonchev–Trinajstić information content (AvgIpc) is 2.94. The summed E-state index contributed by atoms with van der Waals surface area (Å²) in [6.07, 6.45) is 10.6. The zero-order chi connectivity index (χ0) is 32.5. The molecule has 44 heavy (non-hydrogen) atoms. The maximum atomic E-state index is 14.6. The van der Waals surface area contributed by atoms with Crippen LogP contribution in [0.15, 0.2) is 11.6 Å². The normalized spacial score (nSPS) is 44.4. The molecule has 0 saturated heterocycles. The predicted molar refractivity (Wildman–Crippen MR) is 174 cm³/mol. The third kappa shape index (κ3) is 4.94. The Kier molecular flexibility index (Phi) is 8.59. The molecule has 6 heteroatoms. The second-order valence-corrected chi connectivity index (χ2v) is 17.4.